The van der Waals surface area contributed by atoms with Crippen LogP contribution in [-0.4, -0.2) is 54.0 Å². The number of carbonyl (C=O) groups excluding carboxylic acids is 3. The lowest BCUT2D eigenvalue weighted by Gasteiger charge is -2.34. The molecule has 2 aromatic rings. The van der Waals surface area contributed by atoms with E-state index in [1.807, 2.05) is 0 Å². The van der Waals surface area contributed by atoms with Gasteiger partial charge in [0.05, 0.1) is 6.61 Å². The highest BCUT2D eigenvalue weighted by Gasteiger charge is 2.39. The summed E-state index contributed by atoms with van der Waals surface area (Å²) in [6.07, 6.45) is -3.08. The van der Waals surface area contributed by atoms with Gasteiger partial charge in [-0.25, -0.2) is 0 Å². The highest BCUT2D eigenvalue weighted by molar-refractivity contribution is 6.06. The predicted octanol–water partition coefficient (Wildman–Crippen LogP) is 0.512. The van der Waals surface area contributed by atoms with Crippen molar-refractivity contribution in [2.45, 2.75) is 25.3 Å². The first kappa shape index (κ1) is 22.7. The van der Waals surface area contributed by atoms with Gasteiger partial charge in [0.15, 0.2) is 12.2 Å². The number of amides is 3. The van der Waals surface area contributed by atoms with E-state index >= 15 is 0 Å². The highest BCUT2D eigenvalue weighted by atomic mass is 35.5. The number of benzene rings is 2. The zero-order valence-electron chi connectivity index (χ0n) is 17.4. The SMILES string of the molecule is Cl.N=C1NCc2cc(NC(=O)[C@H](O)[C@H]3OCCN(c4ccc5c(c4)C(=O)NC5)C3=O)ccc21. The van der Waals surface area contributed by atoms with Gasteiger partial charge >= 0.3 is 0 Å². The van der Waals surface area contributed by atoms with Crippen LogP contribution in [-0.2, 0) is 27.4 Å². The summed E-state index contributed by atoms with van der Waals surface area (Å²) in [5, 5.41) is 26.6. The molecule has 0 saturated carbocycles. The number of rotatable bonds is 4. The van der Waals surface area contributed by atoms with Gasteiger partial charge in [0.1, 0.15) is 5.84 Å². The Labute approximate surface area is 195 Å². The zero-order chi connectivity index (χ0) is 22.4. The number of anilines is 2. The Balaban J connectivity index is 0.00000259. The van der Waals surface area contributed by atoms with E-state index in [0.29, 0.717) is 35.9 Å². The first-order valence-corrected chi connectivity index (χ1v) is 10.2. The molecule has 3 aliphatic heterocycles. The first-order valence-electron chi connectivity index (χ1n) is 10.2. The van der Waals surface area contributed by atoms with Crippen molar-refractivity contribution in [1.82, 2.24) is 10.6 Å². The van der Waals surface area contributed by atoms with Gasteiger partial charge in [0.25, 0.3) is 17.7 Å². The molecule has 3 aliphatic rings. The molecule has 1 fully saturated rings. The number of morpholine rings is 1. The van der Waals surface area contributed by atoms with E-state index in [1.54, 1.807) is 36.4 Å². The first-order chi connectivity index (χ1) is 15.4. The van der Waals surface area contributed by atoms with Crippen LogP contribution in [0.1, 0.15) is 27.0 Å². The van der Waals surface area contributed by atoms with E-state index in [1.165, 1.54) is 4.90 Å². The minimum absolute atomic E-state index is 0. The summed E-state index contributed by atoms with van der Waals surface area (Å²) < 4.78 is 5.44. The van der Waals surface area contributed by atoms with Gasteiger partial charge in [-0.05, 0) is 41.5 Å². The summed E-state index contributed by atoms with van der Waals surface area (Å²) in [7, 11) is 0. The van der Waals surface area contributed by atoms with Crippen LogP contribution in [0.4, 0.5) is 11.4 Å². The van der Waals surface area contributed by atoms with Crippen LogP contribution >= 0.6 is 12.4 Å². The number of nitrogens with zero attached hydrogens (tertiary/aromatic N) is 1. The number of fused-ring (bicyclic) bond motifs is 2. The Morgan fingerprint density at radius 3 is 2.73 bits per heavy atom. The molecule has 2 atom stereocenters. The van der Waals surface area contributed by atoms with Crippen molar-refractivity contribution < 1.29 is 24.2 Å². The van der Waals surface area contributed by atoms with Crippen LogP contribution in [0.3, 0.4) is 0 Å². The van der Waals surface area contributed by atoms with Crippen molar-refractivity contribution in [3.8, 4) is 0 Å². The lowest BCUT2D eigenvalue weighted by Crippen LogP contribution is -2.55. The number of carbonyl (C=O) groups is 3. The summed E-state index contributed by atoms with van der Waals surface area (Å²) in [5.41, 5.74) is 3.95. The Bertz CT molecular complexity index is 1170. The van der Waals surface area contributed by atoms with Gasteiger partial charge in [-0.1, -0.05) is 6.07 Å². The third-order valence-electron chi connectivity index (χ3n) is 5.86. The van der Waals surface area contributed by atoms with Gasteiger partial charge in [0, 0.05) is 42.1 Å². The van der Waals surface area contributed by atoms with E-state index in [0.717, 1.165) is 16.7 Å². The van der Waals surface area contributed by atoms with Crippen LogP contribution in [0.5, 0.6) is 0 Å². The summed E-state index contributed by atoms with van der Waals surface area (Å²) in [5.74, 6) is -1.19. The third-order valence-corrected chi connectivity index (χ3v) is 5.86. The van der Waals surface area contributed by atoms with Gasteiger partial charge < -0.3 is 30.7 Å². The Kier molecular flexibility index (Phi) is 6.07. The zero-order valence-corrected chi connectivity index (χ0v) is 18.2. The molecular formula is C22H22ClN5O5. The van der Waals surface area contributed by atoms with Crippen molar-refractivity contribution >= 4 is 47.3 Å². The molecular weight excluding hydrogens is 450 g/mol. The molecule has 2 aromatic carbocycles. The van der Waals surface area contributed by atoms with E-state index in [-0.39, 0.29) is 31.5 Å². The second kappa shape index (κ2) is 8.81. The average molecular weight is 472 g/mol. The number of halogens is 1. The van der Waals surface area contributed by atoms with Crippen molar-refractivity contribution in [2.75, 3.05) is 23.4 Å². The van der Waals surface area contributed by atoms with Crippen molar-refractivity contribution in [1.29, 1.82) is 5.41 Å². The van der Waals surface area contributed by atoms with Crippen LogP contribution in [0.2, 0.25) is 0 Å². The molecule has 1 saturated heterocycles. The fraction of sp³-hybridized carbons (Fsp3) is 0.273. The Hall–Kier alpha value is -3.47. The number of ether oxygens (including phenoxy) is 1. The summed E-state index contributed by atoms with van der Waals surface area (Å²) in [4.78, 5) is 39.0. The largest absolute Gasteiger partial charge is 0.380 e. The number of nitrogens with one attached hydrogen (secondary N) is 4. The lowest BCUT2D eigenvalue weighted by atomic mass is 10.1. The fourth-order valence-corrected chi connectivity index (χ4v) is 4.15. The average Bonchev–Trinajstić information content (AvgIpc) is 3.35. The highest BCUT2D eigenvalue weighted by Crippen LogP contribution is 2.26. The fourth-order valence-electron chi connectivity index (χ4n) is 4.15. The van der Waals surface area contributed by atoms with Crippen LogP contribution < -0.4 is 20.9 Å². The molecule has 172 valence electrons. The quantitative estimate of drug-likeness (QED) is 0.439. The van der Waals surface area contributed by atoms with Crippen molar-refractivity contribution in [3.05, 3.63) is 58.7 Å². The number of aliphatic hydroxyl groups is 1. The van der Waals surface area contributed by atoms with Gasteiger partial charge in [0.2, 0.25) is 0 Å². The third kappa shape index (κ3) is 4.04. The topological polar surface area (TPSA) is 144 Å². The molecule has 5 N–H and O–H groups in total. The molecule has 0 aliphatic carbocycles. The smallest absolute Gasteiger partial charge is 0.259 e. The molecule has 0 bridgehead atoms. The van der Waals surface area contributed by atoms with Gasteiger partial charge in [-0.2, -0.15) is 0 Å². The molecule has 0 radical (unpaired) electrons. The molecule has 11 heteroatoms. The maximum Gasteiger partial charge on any atom is 0.259 e. The standard InChI is InChI=1S/C22H21N5O5.ClH/c23-19-15-4-2-13(7-12(15)10-24-19)26-21(30)17(28)18-22(31)27(5-6-32-18)14-3-1-11-9-25-20(29)16(11)8-14;/h1-4,7-8,17-18,28H,5-6,9-10H2,(H2,23,24)(H,25,29)(H,26,30);1H/t17-,18-;/m1./s1. The number of hydrogen-bond donors (Lipinski definition) is 5. The van der Waals surface area contributed by atoms with E-state index in [4.69, 9.17) is 10.1 Å². The van der Waals surface area contributed by atoms with E-state index in [2.05, 4.69) is 16.0 Å². The number of amidine groups is 1. The molecule has 10 nitrogen and oxygen atoms in total. The predicted molar refractivity (Wildman–Crippen MR) is 122 cm³/mol. The summed E-state index contributed by atoms with van der Waals surface area (Å²) in [6, 6.07) is 10.2. The van der Waals surface area contributed by atoms with Crippen LogP contribution in [0.25, 0.3) is 0 Å². The maximum atomic E-state index is 13.0. The molecule has 0 spiro atoms. The molecule has 5 rings (SSSR count). The van der Waals surface area contributed by atoms with Crippen LogP contribution in [0.15, 0.2) is 36.4 Å². The second-order valence-electron chi connectivity index (χ2n) is 7.84. The van der Waals surface area contributed by atoms with E-state index < -0.39 is 24.0 Å². The Morgan fingerprint density at radius 1 is 1.12 bits per heavy atom. The van der Waals surface area contributed by atoms with Gasteiger partial charge in [-0.3, -0.25) is 19.8 Å². The van der Waals surface area contributed by atoms with Gasteiger partial charge in [-0.15, -0.1) is 12.4 Å². The minimum Gasteiger partial charge on any atom is -0.380 e. The van der Waals surface area contributed by atoms with Crippen molar-refractivity contribution in [3.63, 3.8) is 0 Å². The number of aliphatic hydroxyl groups excluding tert-OH is 1. The molecule has 0 unspecified atom stereocenters. The molecule has 33 heavy (non-hydrogen) atoms. The summed E-state index contributed by atoms with van der Waals surface area (Å²) in [6.45, 7) is 1.32. The van der Waals surface area contributed by atoms with Crippen LogP contribution in [0, 0.1) is 5.41 Å². The second-order valence-corrected chi connectivity index (χ2v) is 7.84. The number of hydrogen-bond acceptors (Lipinski definition) is 6. The minimum atomic E-state index is -1.72. The Morgan fingerprint density at radius 2 is 1.91 bits per heavy atom. The molecule has 3 amide bonds. The lowest BCUT2D eigenvalue weighted by molar-refractivity contribution is -0.150. The molecule has 0 aromatic heterocycles. The maximum absolute atomic E-state index is 13.0. The summed E-state index contributed by atoms with van der Waals surface area (Å²) >= 11 is 0. The van der Waals surface area contributed by atoms with Crippen molar-refractivity contribution in [2.24, 2.45) is 0 Å². The van der Waals surface area contributed by atoms with E-state index in [9.17, 15) is 19.5 Å². The monoisotopic (exact) mass is 471 g/mol. The molecule has 3 heterocycles. The normalized spacial score (nSPS) is 19.7.